The maximum Gasteiger partial charge on any atom is 0.251 e. The third-order valence-electron chi connectivity index (χ3n) is 4.94. The van der Waals surface area contributed by atoms with Crippen LogP contribution in [0.2, 0.25) is 0 Å². The summed E-state index contributed by atoms with van der Waals surface area (Å²) in [6.45, 7) is 3.46. The van der Waals surface area contributed by atoms with Gasteiger partial charge in [-0.05, 0) is 55.6 Å². The van der Waals surface area contributed by atoms with Gasteiger partial charge in [0, 0.05) is 18.7 Å². The van der Waals surface area contributed by atoms with Gasteiger partial charge in [-0.25, -0.2) is 8.42 Å². The van der Waals surface area contributed by atoms with Gasteiger partial charge in [0.25, 0.3) is 5.91 Å². The number of likely N-dealkylation sites (tertiary alicyclic amines) is 1. The summed E-state index contributed by atoms with van der Waals surface area (Å²) >= 11 is 0. The second-order valence-corrected chi connectivity index (χ2v) is 9.55. The summed E-state index contributed by atoms with van der Waals surface area (Å²) in [6, 6.07) is 16.9. The Morgan fingerprint density at radius 1 is 0.964 bits per heavy atom. The number of benzene rings is 2. The van der Waals surface area contributed by atoms with E-state index in [9.17, 15) is 13.2 Å². The smallest absolute Gasteiger partial charge is 0.251 e. The van der Waals surface area contributed by atoms with E-state index < -0.39 is 9.84 Å². The molecule has 0 unspecified atom stereocenters. The van der Waals surface area contributed by atoms with Crippen molar-refractivity contribution < 1.29 is 13.2 Å². The molecular weight excluding hydrogens is 372 g/mol. The monoisotopic (exact) mass is 400 g/mol. The quantitative estimate of drug-likeness (QED) is 0.657. The number of carbonyl (C=O) groups is 1. The van der Waals surface area contributed by atoms with Crippen molar-refractivity contribution in [3.05, 3.63) is 71.3 Å². The van der Waals surface area contributed by atoms with Crippen molar-refractivity contribution in [1.29, 1.82) is 0 Å². The fourth-order valence-electron chi connectivity index (χ4n) is 3.51. The van der Waals surface area contributed by atoms with Crippen molar-refractivity contribution in [3.8, 4) is 0 Å². The van der Waals surface area contributed by atoms with Crippen molar-refractivity contribution in [2.75, 3.05) is 25.4 Å². The molecule has 150 valence electrons. The summed E-state index contributed by atoms with van der Waals surface area (Å²) < 4.78 is 24.4. The Morgan fingerprint density at radius 3 is 2.43 bits per heavy atom. The van der Waals surface area contributed by atoms with Gasteiger partial charge in [-0.1, -0.05) is 42.5 Å². The minimum atomic E-state index is -3.17. The zero-order valence-corrected chi connectivity index (χ0v) is 17.0. The molecule has 0 bridgehead atoms. The molecule has 2 aromatic rings. The molecule has 0 atom stereocenters. The lowest BCUT2D eigenvalue weighted by Gasteiger charge is -2.15. The summed E-state index contributed by atoms with van der Waals surface area (Å²) in [4.78, 5) is 14.8. The number of hydrogen-bond acceptors (Lipinski definition) is 4. The normalized spacial score (nSPS) is 14.9. The maximum atomic E-state index is 12.4. The first-order chi connectivity index (χ1) is 13.5. The molecule has 1 fully saturated rings. The maximum absolute atomic E-state index is 12.4. The van der Waals surface area contributed by atoms with Crippen molar-refractivity contribution in [3.63, 3.8) is 0 Å². The predicted octanol–water partition coefficient (Wildman–Crippen LogP) is 3.02. The van der Waals surface area contributed by atoms with E-state index in [-0.39, 0.29) is 17.4 Å². The Kier molecular flexibility index (Phi) is 7.23. The summed E-state index contributed by atoms with van der Waals surface area (Å²) in [5.74, 6) is -0.0407. The van der Waals surface area contributed by atoms with Gasteiger partial charge >= 0.3 is 0 Å². The van der Waals surface area contributed by atoms with E-state index in [1.807, 2.05) is 48.5 Å². The third-order valence-corrected chi connectivity index (χ3v) is 6.62. The van der Waals surface area contributed by atoms with Gasteiger partial charge in [-0.15, -0.1) is 0 Å². The van der Waals surface area contributed by atoms with Crippen molar-refractivity contribution in [2.45, 2.75) is 31.6 Å². The van der Waals surface area contributed by atoms with Crippen LogP contribution in [0.1, 0.15) is 40.7 Å². The van der Waals surface area contributed by atoms with Gasteiger partial charge in [-0.2, -0.15) is 0 Å². The summed E-state index contributed by atoms with van der Waals surface area (Å²) in [5.41, 5.74) is 2.56. The molecule has 0 radical (unpaired) electrons. The molecule has 6 heteroatoms. The van der Waals surface area contributed by atoms with Crippen LogP contribution in [0.5, 0.6) is 0 Å². The van der Waals surface area contributed by atoms with Crippen LogP contribution in [0.4, 0.5) is 0 Å². The molecule has 1 amide bonds. The van der Waals surface area contributed by atoms with Crippen LogP contribution < -0.4 is 5.32 Å². The molecule has 1 aliphatic heterocycles. The lowest BCUT2D eigenvalue weighted by atomic mass is 10.1. The third kappa shape index (κ3) is 6.46. The Bertz CT molecular complexity index is 876. The zero-order chi connectivity index (χ0) is 19.8. The van der Waals surface area contributed by atoms with E-state index in [0.717, 1.165) is 30.8 Å². The molecule has 0 spiro atoms. The molecule has 1 N–H and O–H groups in total. The molecule has 0 aliphatic carbocycles. The molecular formula is C22H28N2O3S. The Morgan fingerprint density at radius 2 is 1.68 bits per heavy atom. The van der Waals surface area contributed by atoms with E-state index in [4.69, 9.17) is 0 Å². The molecule has 1 heterocycles. The van der Waals surface area contributed by atoms with Gasteiger partial charge < -0.3 is 5.32 Å². The molecule has 1 saturated heterocycles. The summed E-state index contributed by atoms with van der Waals surface area (Å²) in [5, 5.41) is 2.84. The Hall–Kier alpha value is -2.18. The number of sulfone groups is 1. The fraction of sp³-hybridized carbons (Fsp3) is 0.409. The van der Waals surface area contributed by atoms with Gasteiger partial charge in [0.15, 0.2) is 9.84 Å². The van der Waals surface area contributed by atoms with E-state index in [2.05, 4.69) is 10.2 Å². The molecule has 3 rings (SSSR count). The number of amides is 1. The minimum absolute atomic E-state index is 0.0420. The predicted molar refractivity (Wildman–Crippen MR) is 112 cm³/mol. The van der Waals surface area contributed by atoms with Crippen molar-refractivity contribution in [2.24, 2.45) is 0 Å². The van der Waals surface area contributed by atoms with Crippen molar-refractivity contribution >= 4 is 15.7 Å². The lowest BCUT2D eigenvalue weighted by Crippen LogP contribution is -2.26. The molecule has 2 aromatic carbocycles. The van der Waals surface area contributed by atoms with Crippen molar-refractivity contribution in [1.82, 2.24) is 10.2 Å². The highest BCUT2D eigenvalue weighted by Crippen LogP contribution is 2.14. The summed E-state index contributed by atoms with van der Waals surface area (Å²) in [7, 11) is -3.17. The second-order valence-electron chi connectivity index (χ2n) is 7.37. The molecule has 0 aromatic heterocycles. The van der Waals surface area contributed by atoms with Gasteiger partial charge in [0.05, 0.1) is 11.5 Å². The SMILES string of the molecule is O=C(NCCCS(=O)(=O)Cc1ccccc1)c1cccc(CN2CCCC2)c1. The first-order valence-corrected chi connectivity index (χ1v) is 11.7. The Labute approximate surface area is 167 Å². The number of carbonyl (C=O) groups excluding carboxylic acids is 1. The van der Waals surface area contributed by atoms with E-state index >= 15 is 0 Å². The second kappa shape index (κ2) is 9.85. The topological polar surface area (TPSA) is 66.5 Å². The van der Waals surface area contributed by atoms with Crippen LogP contribution in [0.15, 0.2) is 54.6 Å². The molecule has 5 nitrogen and oxygen atoms in total. The van der Waals surface area contributed by atoms with Crippen LogP contribution >= 0.6 is 0 Å². The van der Waals surface area contributed by atoms with Crippen LogP contribution in [0, 0.1) is 0 Å². The zero-order valence-electron chi connectivity index (χ0n) is 16.1. The highest BCUT2D eigenvalue weighted by molar-refractivity contribution is 7.90. The van der Waals surface area contributed by atoms with Crippen LogP contribution in [0.3, 0.4) is 0 Å². The molecule has 0 saturated carbocycles. The first kappa shape index (κ1) is 20.6. The van der Waals surface area contributed by atoms with Crippen LogP contribution in [0.25, 0.3) is 0 Å². The highest BCUT2D eigenvalue weighted by atomic mass is 32.2. The van der Waals surface area contributed by atoms with E-state index in [1.165, 1.54) is 12.8 Å². The minimum Gasteiger partial charge on any atom is -0.352 e. The number of nitrogens with zero attached hydrogens (tertiary/aromatic N) is 1. The largest absolute Gasteiger partial charge is 0.352 e. The fourth-order valence-corrected chi connectivity index (χ4v) is 4.94. The van der Waals surface area contributed by atoms with Crippen LogP contribution in [-0.2, 0) is 22.1 Å². The highest BCUT2D eigenvalue weighted by Gasteiger charge is 2.14. The lowest BCUT2D eigenvalue weighted by molar-refractivity contribution is 0.0953. The molecule has 28 heavy (non-hydrogen) atoms. The number of rotatable bonds is 9. The van der Waals surface area contributed by atoms with Gasteiger partial charge in [0.2, 0.25) is 0 Å². The molecule has 1 aliphatic rings. The number of hydrogen-bond donors (Lipinski definition) is 1. The van der Waals surface area contributed by atoms with E-state index in [1.54, 1.807) is 6.07 Å². The number of nitrogens with one attached hydrogen (secondary N) is 1. The average Bonchev–Trinajstić information content (AvgIpc) is 3.19. The van der Waals surface area contributed by atoms with Gasteiger partial charge in [-0.3, -0.25) is 9.69 Å². The Balaban J connectivity index is 1.44. The van der Waals surface area contributed by atoms with Crippen LogP contribution in [-0.4, -0.2) is 44.6 Å². The average molecular weight is 401 g/mol. The van der Waals surface area contributed by atoms with Gasteiger partial charge in [0.1, 0.15) is 0 Å². The first-order valence-electron chi connectivity index (χ1n) is 9.86. The van der Waals surface area contributed by atoms with E-state index in [0.29, 0.717) is 18.5 Å². The standard InChI is InChI=1S/C22H28N2O3S/c25-22(21-11-6-10-20(16-21)17-24-13-4-5-14-24)23-12-7-15-28(26,27)18-19-8-2-1-3-9-19/h1-3,6,8-11,16H,4-5,7,12-15,17-18H2,(H,23,25). The summed E-state index contributed by atoms with van der Waals surface area (Å²) in [6.07, 6.45) is 2.90.